The summed E-state index contributed by atoms with van der Waals surface area (Å²) in [7, 11) is 0. The average Bonchev–Trinajstić information content (AvgIpc) is 3.15. The molecule has 0 bridgehead atoms. The molecule has 202 valence electrons. The zero-order valence-electron chi connectivity index (χ0n) is 23.1. The van der Waals surface area contributed by atoms with Gasteiger partial charge in [0.15, 0.2) is 5.78 Å². The first-order valence-electron chi connectivity index (χ1n) is 13.6. The van der Waals surface area contributed by atoms with E-state index >= 15 is 4.39 Å². The molecule has 1 aromatic heterocycles. The van der Waals surface area contributed by atoms with Gasteiger partial charge in [0.05, 0.1) is 33.9 Å². The van der Waals surface area contributed by atoms with Crippen LogP contribution in [0.3, 0.4) is 0 Å². The molecule has 7 nitrogen and oxygen atoms in total. The Hall–Kier alpha value is -2.74. The number of hydrogen-bond acceptors (Lipinski definition) is 5. The molecule has 2 aromatic rings. The molecular formula is C29H42FN5O2. The van der Waals surface area contributed by atoms with E-state index in [2.05, 4.69) is 45.3 Å². The molecule has 0 aliphatic heterocycles. The molecule has 0 unspecified atom stereocenters. The maximum absolute atomic E-state index is 15.4. The van der Waals surface area contributed by atoms with E-state index in [1.807, 2.05) is 6.92 Å². The quantitative estimate of drug-likeness (QED) is 0.475. The van der Waals surface area contributed by atoms with E-state index in [-0.39, 0.29) is 28.2 Å². The number of hydrogen-bond donors (Lipinski definition) is 3. The summed E-state index contributed by atoms with van der Waals surface area (Å²) in [5.74, 6) is -1.41. The first kappa shape index (κ1) is 27.3. The summed E-state index contributed by atoms with van der Waals surface area (Å²) in [6, 6.07) is 3.63. The summed E-state index contributed by atoms with van der Waals surface area (Å²) in [6.45, 7) is 13.7. The maximum atomic E-state index is 15.4. The van der Waals surface area contributed by atoms with Gasteiger partial charge < -0.3 is 16.4 Å². The second-order valence-electron chi connectivity index (χ2n) is 12.8. The summed E-state index contributed by atoms with van der Waals surface area (Å²) >= 11 is 0. The van der Waals surface area contributed by atoms with Crippen molar-refractivity contribution in [2.75, 3.05) is 11.9 Å². The predicted octanol–water partition coefficient (Wildman–Crippen LogP) is 5.19. The highest BCUT2D eigenvalue weighted by atomic mass is 19.1. The Morgan fingerprint density at radius 2 is 1.81 bits per heavy atom. The number of rotatable bonds is 7. The Morgan fingerprint density at radius 1 is 1.16 bits per heavy atom. The molecule has 2 aliphatic carbocycles. The number of nitrogens with two attached hydrogens (primary N) is 1. The molecule has 8 heteroatoms. The number of aryl methyl sites for hydroxylation is 1. The summed E-state index contributed by atoms with van der Waals surface area (Å²) in [4.78, 5) is 25.2. The Kier molecular flexibility index (Phi) is 7.52. The number of fused-ring (bicyclic) bond motifs is 1. The van der Waals surface area contributed by atoms with Crippen molar-refractivity contribution < 1.29 is 14.0 Å². The highest BCUT2D eigenvalue weighted by Crippen LogP contribution is 2.38. The maximum Gasteiger partial charge on any atom is 0.253 e. The first-order valence-corrected chi connectivity index (χ1v) is 13.6. The van der Waals surface area contributed by atoms with Crippen LogP contribution in [0.1, 0.15) is 106 Å². The van der Waals surface area contributed by atoms with Crippen LogP contribution in [0.4, 0.5) is 10.1 Å². The topological polar surface area (TPSA) is 102 Å². The van der Waals surface area contributed by atoms with E-state index in [1.165, 1.54) is 6.07 Å². The molecule has 1 heterocycles. The molecule has 0 spiro atoms. The fourth-order valence-electron chi connectivity index (χ4n) is 5.68. The van der Waals surface area contributed by atoms with Gasteiger partial charge in [-0.3, -0.25) is 9.59 Å². The van der Waals surface area contributed by atoms with Crippen LogP contribution in [0.2, 0.25) is 0 Å². The van der Waals surface area contributed by atoms with E-state index in [0.29, 0.717) is 42.2 Å². The van der Waals surface area contributed by atoms with Crippen LogP contribution in [0.5, 0.6) is 0 Å². The van der Waals surface area contributed by atoms with E-state index < -0.39 is 11.7 Å². The van der Waals surface area contributed by atoms with Gasteiger partial charge in [-0.05, 0) is 55.4 Å². The molecule has 1 fully saturated rings. The number of primary amides is 1. The Morgan fingerprint density at radius 3 is 2.41 bits per heavy atom. The largest absolute Gasteiger partial charge is 0.382 e. The van der Waals surface area contributed by atoms with Crippen LogP contribution in [0.15, 0.2) is 12.1 Å². The third-order valence-electron chi connectivity index (χ3n) is 7.53. The molecule has 1 amide bonds. The van der Waals surface area contributed by atoms with Crippen molar-refractivity contribution in [1.82, 2.24) is 15.1 Å². The van der Waals surface area contributed by atoms with E-state index in [1.54, 1.807) is 10.7 Å². The lowest BCUT2D eigenvalue weighted by Gasteiger charge is -2.32. The highest BCUT2D eigenvalue weighted by Gasteiger charge is 2.36. The van der Waals surface area contributed by atoms with Gasteiger partial charge in [-0.15, -0.1) is 0 Å². The number of nitrogens with one attached hydrogen (secondary N) is 2. The van der Waals surface area contributed by atoms with Gasteiger partial charge in [-0.25, -0.2) is 9.07 Å². The van der Waals surface area contributed by atoms with Gasteiger partial charge in [0.2, 0.25) is 0 Å². The van der Waals surface area contributed by atoms with Crippen molar-refractivity contribution >= 4 is 17.4 Å². The summed E-state index contributed by atoms with van der Waals surface area (Å²) in [5.41, 5.74) is 8.57. The number of ketones is 1. The lowest BCUT2D eigenvalue weighted by Crippen LogP contribution is -2.40. The Balaban J connectivity index is 1.63. The number of aromatic nitrogens is 2. The third kappa shape index (κ3) is 6.06. The highest BCUT2D eigenvalue weighted by molar-refractivity contribution is 6.00. The molecule has 1 aromatic carbocycles. The Bertz CT molecular complexity index is 1190. The SMILES string of the molecule is CCc1nn(-c2cc(F)c(C(N)=O)c(NC3CCC(NCC(C)(C)C)CC3)c2)c2c1C(=O)CC(C)(C)C2. The second kappa shape index (κ2) is 10.2. The van der Waals surface area contributed by atoms with Gasteiger partial charge in [-0.1, -0.05) is 41.5 Å². The lowest BCUT2D eigenvalue weighted by atomic mass is 9.75. The van der Waals surface area contributed by atoms with E-state index in [0.717, 1.165) is 43.6 Å². The molecule has 1 saturated carbocycles. The molecule has 4 rings (SSSR count). The molecular weight excluding hydrogens is 469 g/mol. The third-order valence-corrected chi connectivity index (χ3v) is 7.53. The summed E-state index contributed by atoms with van der Waals surface area (Å²) in [6.07, 6.45) is 5.57. The molecule has 4 N–H and O–H groups in total. The van der Waals surface area contributed by atoms with Crippen LogP contribution in [0.25, 0.3) is 5.69 Å². The van der Waals surface area contributed by atoms with E-state index in [4.69, 9.17) is 10.8 Å². The Labute approximate surface area is 219 Å². The average molecular weight is 512 g/mol. The number of Topliss-reactive ketones (excluding diaryl/α,β-unsaturated/α-hetero) is 1. The van der Waals surface area contributed by atoms with Gasteiger partial charge in [-0.2, -0.15) is 5.10 Å². The zero-order valence-corrected chi connectivity index (χ0v) is 23.1. The number of carbonyl (C=O) groups excluding carboxylic acids is 2. The standard InChI is InChI=1S/C29H42FN5O2/c1-7-21-26-23(14-29(5,6)15-24(26)36)35(34-21)19-12-20(30)25(27(31)37)22(13-19)33-18-10-8-17(9-11-18)32-16-28(2,3)4/h12-13,17-18,32-33H,7-11,14-16H2,1-6H3,(H2,31,37). The minimum absolute atomic E-state index is 0.0822. The minimum atomic E-state index is -0.805. The normalized spacial score (nSPS) is 21.5. The summed E-state index contributed by atoms with van der Waals surface area (Å²) in [5, 5.41) is 11.8. The summed E-state index contributed by atoms with van der Waals surface area (Å²) < 4.78 is 17.1. The van der Waals surface area contributed by atoms with Crippen molar-refractivity contribution in [2.24, 2.45) is 16.6 Å². The minimum Gasteiger partial charge on any atom is -0.382 e. The van der Waals surface area contributed by atoms with E-state index in [9.17, 15) is 9.59 Å². The van der Waals surface area contributed by atoms with Crippen LogP contribution in [-0.4, -0.2) is 40.1 Å². The molecule has 37 heavy (non-hydrogen) atoms. The van der Waals surface area contributed by atoms with Gasteiger partial charge >= 0.3 is 0 Å². The fraction of sp³-hybridized carbons (Fsp3) is 0.621. The number of carbonyl (C=O) groups is 2. The van der Waals surface area contributed by atoms with Crippen LogP contribution >= 0.6 is 0 Å². The van der Waals surface area contributed by atoms with Crippen LogP contribution < -0.4 is 16.4 Å². The molecule has 0 atom stereocenters. The number of anilines is 1. The first-order chi connectivity index (χ1) is 17.3. The van der Waals surface area contributed by atoms with Crippen molar-refractivity contribution in [1.29, 1.82) is 0 Å². The zero-order chi connectivity index (χ0) is 27.1. The molecule has 0 saturated heterocycles. The predicted molar refractivity (Wildman–Crippen MR) is 145 cm³/mol. The van der Waals surface area contributed by atoms with Crippen molar-refractivity contribution in [2.45, 2.75) is 98.6 Å². The lowest BCUT2D eigenvalue weighted by molar-refractivity contribution is 0.0909. The molecule has 0 radical (unpaired) electrons. The van der Waals surface area contributed by atoms with Crippen molar-refractivity contribution in [3.05, 3.63) is 40.5 Å². The number of amides is 1. The second-order valence-corrected chi connectivity index (χ2v) is 12.8. The number of benzene rings is 1. The van der Waals surface area contributed by atoms with Gasteiger partial charge in [0, 0.05) is 31.1 Å². The van der Waals surface area contributed by atoms with Crippen LogP contribution in [-0.2, 0) is 12.8 Å². The van der Waals surface area contributed by atoms with Crippen molar-refractivity contribution in [3.8, 4) is 5.69 Å². The van der Waals surface area contributed by atoms with Gasteiger partial charge in [0.1, 0.15) is 5.82 Å². The number of nitrogens with zero attached hydrogens (tertiary/aromatic N) is 2. The fourth-order valence-corrected chi connectivity index (χ4v) is 5.68. The smallest absolute Gasteiger partial charge is 0.253 e. The van der Waals surface area contributed by atoms with Crippen molar-refractivity contribution in [3.63, 3.8) is 0 Å². The number of halogens is 1. The van der Waals surface area contributed by atoms with Gasteiger partial charge in [0.25, 0.3) is 5.91 Å². The monoisotopic (exact) mass is 511 g/mol. The van der Waals surface area contributed by atoms with Crippen LogP contribution in [0, 0.1) is 16.6 Å². The molecule has 2 aliphatic rings.